The lowest BCUT2D eigenvalue weighted by Crippen LogP contribution is -2.33. The molecule has 0 aliphatic heterocycles. The quantitative estimate of drug-likeness (QED) is 0.877. The highest BCUT2D eigenvalue weighted by Crippen LogP contribution is 2.30. The highest BCUT2D eigenvalue weighted by molar-refractivity contribution is 7.89. The van der Waals surface area contributed by atoms with E-state index in [2.05, 4.69) is 0 Å². The lowest BCUT2D eigenvalue weighted by atomic mass is 10.1. The number of sulfonamides is 1. The molecule has 1 aliphatic carbocycles. The SMILES string of the molecule is CCN(C(=O)c1cc(S(N)(=O)=O)ccc1OC)C1CC1. The number of ether oxygens (including phenoxy) is 1. The van der Waals surface area contributed by atoms with Crippen LogP contribution in [0.4, 0.5) is 0 Å². The van der Waals surface area contributed by atoms with Crippen LogP contribution in [0.3, 0.4) is 0 Å². The first-order valence-corrected chi connectivity index (χ1v) is 7.95. The second kappa shape index (κ2) is 5.41. The smallest absolute Gasteiger partial charge is 0.257 e. The molecular weight excluding hydrogens is 280 g/mol. The minimum atomic E-state index is -3.85. The van der Waals surface area contributed by atoms with Gasteiger partial charge in [0.05, 0.1) is 17.6 Å². The Morgan fingerprint density at radius 1 is 1.45 bits per heavy atom. The third kappa shape index (κ3) is 2.94. The van der Waals surface area contributed by atoms with Crippen molar-refractivity contribution in [3.8, 4) is 5.75 Å². The van der Waals surface area contributed by atoms with Crippen LogP contribution in [0.15, 0.2) is 23.1 Å². The lowest BCUT2D eigenvalue weighted by molar-refractivity contribution is 0.0749. The number of benzene rings is 1. The van der Waals surface area contributed by atoms with E-state index in [0.717, 1.165) is 12.8 Å². The van der Waals surface area contributed by atoms with E-state index < -0.39 is 10.0 Å². The van der Waals surface area contributed by atoms with Crippen LogP contribution < -0.4 is 9.88 Å². The molecule has 110 valence electrons. The molecule has 0 radical (unpaired) electrons. The fourth-order valence-corrected chi connectivity index (χ4v) is 2.68. The maximum atomic E-state index is 12.5. The zero-order valence-corrected chi connectivity index (χ0v) is 12.3. The van der Waals surface area contributed by atoms with Gasteiger partial charge in [0.2, 0.25) is 10.0 Å². The Balaban J connectivity index is 2.44. The number of hydrogen-bond donors (Lipinski definition) is 1. The number of amides is 1. The molecule has 1 aliphatic rings. The summed E-state index contributed by atoms with van der Waals surface area (Å²) >= 11 is 0. The average molecular weight is 298 g/mol. The van der Waals surface area contributed by atoms with E-state index in [0.29, 0.717) is 12.3 Å². The molecule has 2 rings (SSSR count). The van der Waals surface area contributed by atoms with Crippen LogP contribution >= 0.6 is 0 Å². The largest absolute Gasteiger partial charge is 0.496 e. The van der Waals surface area contributed by atoms with Gasteiger partial charge in [0.25, 0.3) is 5.91 Å². The maximum Gasteiger partial charge on any atom is 0.257 e. The summed E-state index contributed by atoms with van der Waals surface area (Å²) in [6, 6.07) is 4.31. The minimum absolute atomic E-state index is 0.0894. The summed E-state index contributed by atoms with van der Waals surface area (Å²) in [5.41, 5.74) is 0.229. The minimum Gasteiger partial charge on any atom is -0.496 e. The third-order valence-electron chi connectivity index (χ3n) is 3.32. The summed E-state index contributed by atoms with van der Waals surface area (Å²) < 4.78 is 28.0. The van der Waals surface area contributed by atoms with Gasteiger partial charge in [0.1, 0.15) is 5.75 Å². The Bertz CT molecular complexity index is 623. The Morgan fingerprint density at radius 2 is 2.10 bits per heavy atom. The molecule has 20 heavy (non-hydrogen) atoms. The average Bonchev–Trinajstić information content (AvgIpc) is 3.22. The maximum absolute atomic E-state index is 12.5. The van der Waals surface area contributed by atoms with Gasteiger partial charge < -0.3 is 9.64 Å². The summed E-state index contributed by atoms with van der Waals surface area (Å²) in [4.78, 5) is 14.2. The van der Waals surface area contributed by atoms with Gasteiger partial charge in [-0.3, -0.25) is 4.79 Å². The number of nitrogens with two attached hydrogens (primary N) is 1. The van der Waals surface area contributed by atoms with Crippen LogP contribution in [0.25, 0.3) is 0 Å². The van der Waals surface area contributed by atoms with Gasteiger partial charge in [-0.2, -0.15) is 0 Å². The fraction of sp³-hybridized carbons (Fsp3) is 0.462. The number of carbonyl (C=O) groups excluding carboxylic acids is 1. The van der Waals surface area contributed by atoms with E-state index in [-0.39, 0.29) is 22.4 Å². The molecule has 2 N–H and O–H groups in total. The van der Waals surface area contributed by atoms with Crippen molar-refractivity contribution in [2.45, 2.75) is 30.7 Å². The van der Waals surface area contributed by atoms with Crippen LogP contribution in [-0.2, 0) is 10.0 Å². The molecule has 0 spiro atoms. The summed E-state index contributed by atoms with van der Waals surface area (Å²) in [5, 5.41) is 5.10. The number of primary sulfonamides is 1. The molecule has 1 amide bonds. The third-order valence-corrected chi connectivity index (χ3v) is 4.23. The molecule has 1 fully saturated rings. The second-order valence-electron chi connectivity index (χ2n) is 4.73. The van der Waals surface area contributed by atoms with Crippen LogP contribution in [-0.4, -0.2) is 38.9 Å². The molecular formula is C13H18N2O4S. The predicted octanol–water partition coefficient (Wildman–Crippen LogP) is 0.967. The van der Waals surface area contributed by atoms with Crippen molar-refractivity contribution in [3.63, 3.8) is 0 Å². The summed E-state index contributed by atoms with van der Waals surface area (Å²) in [5.74, 6) is 0.124. The standard InChI is InChI=1S/C13H18N2O4S/c1-3-15(9-4-5-9)13(16)11-8-10(20(14,17)18)6-7-12(11)19-2/h6-9H,3-5H2,1-2H3,(H2,14,17,18). The topological polar surface area (TPSA) is 89.7 Å². The molecule has 1 aromatic carbocycles. The second-order valence-corrected chi connectivity index (χ2v) is 6.29. The Labute approximate surface area is 118 Å². The van der Waals surface area contributed by atoms with E-state index in [1.807, 2.05) is 6.92 Å². The van der Waals surface area contributed by atoms with E-state index in [9.17, 15) is 13.2 Å². The van der Waals surface area contributed by atoms with Crippen LogP contribution in [0, 0.1) is 0 Å². The molecule has 0 saturated heterocycles. The fourth-order valence-electron chi connectivity index (χ4n) is 2.14. The number of methoxy groups -OCH3 is 1. The van der Waals surface area contributed by atoms with Crippen molar-refractivity contribution >= 4 is 15.9 Å². The monoisotopic (exact) mass is 298 g/mol. The van der Waals surface area contributed by atoms with Gasteiger partial charge >= 0.3 is 0 Å². The first kappa shape index (κ1) is 14.8. The zero-order chi connectivity index (χ0) is 14.9. The first-order chi connectivity index (χ1) is 9.38. The zero-order valence-electron chi connectivity index (χ0n) is 11.5. The normalized spacial score (nSPS) is 14.9. The van der Waals surface area contributed by atoms with Gasteiger partial charge in [-0.05, 0) is 38.0 Å². The van der Waals surface area contributed by atoms with Gasteiger partial charge in [-0.15, -0.1) is 0 Å². The van der Waals surface area contributed by atoms with Crippen molar-refractivity contribution in [2.24, 2.45) is 5.14 Å². The Hall–Kier alpha value is -1.60. The van der Waals surface area contributed by atoms with E-state index in [4.69, 9.17) is 9.88 Å². The van der Waals surface area contributed by atoms with Crippen molar-refractivity contribution in [3.05, 3.63) is 23.8 Å². The highest BCUT2D eigenvalue weighted by atomic mass is 32.2. The van der Waals surface area contributed by atoms with Crippen LogP contribution in [0.5, 0.6) is 5.75 Å². The molecule has 1 aromatic rings. The van der Waals surface area contributed by atoms with Gasteiger partial charge in [-0.25, -0.2) is 13.6 Å². The molecule has 0 aromatic heterocycles. The molecule has 0 unspecified atom stereocenters. The summed E-state index contributed by atoms with van der Waals surface area (Å²) in [6.45, 7) is 2.47. The highest BCUT2D eigenvalue weighted by Gasteiger charge is 2.33. The number of nitrogens with zero attached hydrogens (tertiary/aromatic N) is 1. The van der Waals surface area contributed by atoms with Crippen molar-refractivity contribution in [2.75, 3.05) is 13.7 Å². The molecule has 1 saturated carbocycles. The molecule has 6 nitrogen and oxygen atoms in total. The van der Waals surface area contributed by atoms with Crippen molar-refractivity contribution in [1.82, 2.24) is 4.90 Å². The van der Waals surface area contributed by atoms with E-state index in [1.165, 1.54) is 25.3 Å². The van der Waals surface area contributed by atoms with Crippen molar-refractivity contribution in [1.29, 1.82) is 0 Å². The summed E-state index contributed by atoms with van der Waals surface area (Å²) in [7, 11) is -2.41. The van der Waals surface area contributed by atoms with E-state index in [1.54, 1.807) is 4.90 Å². The van der Waals surface area contributed by atoms with Crippen molar-refractivity contribution < 1.29 is 17.9 Å². The molecule has 7 heteroatoms. The Kier molecular flexibility index (Phi) is 4.01. The van der Waals surface area contributed by atoms with E-state index >= 15 is 0 Å². The predicted molar refractivity (Wildman–Crippen MR) is 74.1 cm³/mol. The number of rotatable bonds is 5. The number of hydrogen-bond acceptors (Lipinski definition) is 4. The Morgan fingerprint density at radius 3 is 2.55 bits per heavy atom. The lowest BCUT2D eigenvalue weighted by Gasteiger charge is -2.21. The summed E-state index contributed by atoms with van der Waals surface area (Å²) in [6.07, 6.45) is 1.97. The van der Waals surface area contributed by atoms with Gasteiger partial charge in [-0.1, -0.05) is 0 Å². The first-order valence-electron chi connectivity index (χ1n) is 6.40. The van der Waals surface area contributed by atoms with Crippen LogP contribution in [0.1, 0.15) is 30.1 Å². The number of carbonyl (C=O) groups is 1. The molecule has 0 heterocycles. The van der Waals surface area contributed by atoms with Crippen LogP contribution in [0.2, 0.25) is 0 Å². The molecule has 0 atom stereocenters. The molecule has 0 bridgehead atoms. The van der Waals surface area contributed by atoms with Gasteiger partial charge in [0.15, 0.2) is 0 Å². The van der Waals surface area contributed by atoms with Gasteiger partial charge in [0, 0.05) is 12.6 Å².